The van der Waals surface area contributed by atoms with Crippen molar-refractivity contribution in [3.63, 3.8) is 0 Å². The van der Waals surface area contributed by atoms with E-state index in [9.17, 15) is 18.0 Å². The molecular weight excluding hydrogens is 337 g/mol. The van der Waals surface area contributed by atoms with Gasteiger partial charge in [-0.25, -0.2) is 9.67 Å². The van der Waals surface area contributed by atoms with Gasteiger partial charge in [0.2, 0.25) is 5.88 Å². The Balaban J connectivity index is 2.20. The number of halogens is 3. The Hall–Kier alpha value is -2.32. The van der Waals surface area contributed by atoms with Crippen molar-refractivity contribution in [2.45, 2.75) is 39.3 Å². The molecule has 0 saturated heterocycles. The van der Waals surface area contributed by atoms with Crippen LogP contribution in [0.15, 0.2) is 6.07 Å². The second-order valence-corrected chi connectivity index (χ2v) is 5.78. The Morgan fingerprint density at radius 1 is 1.36 bits per heavy atom. The van der Waals surface area contributed by atoms with Gasteiger partial charge in [-0.05, 0) is 19.4 Å². The lowest BCUT2D eigenvalue weighted by molar-refractivity contribution is -0.136. The average Bonchev–Trinajstić information content (AvgIpc) is 2.84. The molecule has 9 heteroatoms. The molecule has 0 aliphatic carbocycles. The molecule has 0 atom stereocenters. The van der Waals surface area contributed by atoms with Crippen molar-refractivity contribution in [1.82, 2.24) is 20.1 Å². The minimum atomic E-state index is -4.57. The predicted molar refractivity (Wildman–Crippen MR) is 86.3 cm³/mol. The molecule has 1 N–H and O–H groups in total. The second-order valence-electron chi connectivity index (χ2n) is 5.78. The molecule has 2 aromatic rings. The van der Waals surface area contributed by atoms with Gasteiger partial charge in [0.05, 0.1) is 10.9 Å². The number of nitrogens with zero attached hydrogens (tertiary/aromatic N) is 3. The largest absolute Gasteiger partial charge is 0.466 e. The highest BCUT2D eigenvalue weighted by atomic mass is 19.4. The SMILES string of the molecule is CCCCCNC(=O)COc1nn(C)c2nc(C)cc(C(F)(F)F)c12. The van der Waals surface area contributed by atoms with E-state index in [1.165, 1.54) is 18.7 Å². The summed E-state index contributed by atoms with van der Waals surface area (Å²) in [6.07, 6.45) is -1.71. The van der Waals surface area contributed by atoms with Gasteiger partial charge in [-0.15, -0.1) is 5.10 Å². The molecule has 0 bridgehead atoms. The Kier molecular flexibility index (Phi) is 5.86. The van der Waals surface area contributed by atoms with Crippen molar-refractivity contribution >= 4 is 16.9 Å². The van der Waals surface area contributed by atoms with Gasteiger partial charge in [0.25, 0.3) is 5.91 Å². The van der Waals surface area contributed by atoms with E-state index in [1.54, 1.807) is 0 Å². The molecule has 2 aromatic heterocycles. The normalized spacial score (nSPS) is 11.8. The lowest BCUT2D eigenvalue weighted by Crippen LogP contribution is -2.29. The fourth-order valence-corrected chi connectivity index (χ4v) is 2.45. The molecule has 0 aliphatic heterocycles. The van der Waals surface area contributed by atoms with Gasteiger partial charge in [-0.2, -0.15) is 13.2 Å². The summed E-state index contributed by atoms with van der Waals surface area (Å²) in [6, 6.07) is 0.946. The molecule has 0 aliphatic rings. The zero-order valence-corrected chi connectivity index (χ0v) is 14.4. The monoisotopic (exact) mass is 358 g/mol. The predicted octanol–water partition coefficient (Wildman–Crippen LogP) is 2.98. The third kappa shape index (κ3) is 4.61. The number of pyridine rings is 1. The number of fused-ring (bicyclic) bond motifs is 1. The van der Waals surface area contributed by atoms with Gasteiger partial charge < -0.3 is 10.1 Å². The summed E-state index contributed by atoms with van der Waals surface area (Å²) in [6.45, 7) is 3.63. The Labute approximate surface area is 143 Å². The van der Waals surface area contributed by atoms with Crippen LogP contribution < -0.4 is 10.1 Å². The number of ether oxygens (including phenoxy) is 1. The molecule has 0 aromatic carbocycles. The van der Waals surface area contributed by atoms with Crippen LogP contribution in [-0.4, -0.2) is 33.8 Å². The first-order chi connectivity index (χ1) is 11.7. The number of amides is 1. The summed E-state index contributed by atoms with van der Waals surface area (Å²) in [4.78, 5) is 15.8. The molecule has 138 valence electrons. The number of carbonyl (C=O) groups is 1. The second kappa shape index (κ2) is 7.71. The number of hydrogen-bond acceptors (Lipinski definition) is 4. The molecule has 1 amide bonds. The summed E-state index contributed by atoms with van der Waals surface area (Å²) in [7, 11) is 1.48. The molecule has 2 heterocycles. The van der Waals surface area contributed by atoms with Gasteiger partial charge in [0.15, 0.2) is 12.3 Å². The van der Waals surface area contributed by atoms with Crippen LogP contribution in [0.1, 0.15) is 37.4 Å². The quantitative estimate of drug-likeness (QED) is 0.773. The zero-order chi connectivity index (χ0) is 18.6. The third-order valence-electron chi connectivity index (χ3n) is 3.64. The number of unbranched alkanes of at least 4 members (excludes halogenated alkanes) is 2. The van der Waals surface area contributed by atoms with E-state index in [0.29, 0.717) is 6.54 Å². The van der Waals surface area contributed by atoms with Crippen molar-refractivity contribution in [2.75, 3.05) is 13.2 Å². The molecule has 6 nitrogen and oxygen atoms in total. The minimum absolute atomic E-state index is 0.0608. The van der Waals surface area contributed by atoms with Gasteiger partial charge in [0, 0.05) is 19.3 Å². The Morgan fingerprint density at radius 2 is 2.08 bits per heavy atom. The Bertz CT molecular complexity index is 756. The average molecular weight is 358 g/mol. The smallest absolute Gasteiger partial charge is 0.417 e. The van der Waals surface area contributed by atoms with E-state index < -0.39 is 24.3 Å². The fourth-order valence-electron chi connectivity index (χ4n) is 2.45. The molecule has 0 saturated carbocycles. The number of aryl methyl sites for hydroxylation is 2. The zero-order valence-electron chi connectivity index (χ0n) is 14.4. The highest BCUT2D eigenvalue weighted by Crippen LogP contribution is 2.38. The lowest BCUT2D eigenvalue weighted by Gasteiger charge is -2.10. The maximum atomic E-state index is 13.3. The molecule has 2 rings (SSSR count). The van der Waals surface area contributed by atoms with Gasteiger partial charge in [0.1, 0.15) is 0 Å². The standard InChI is InChI=1S/C16H21F3N4O2/c1-4-5-6-7-20-12(24)9-25-15-13-11(16(17,18)19)8-10(2)21-14(13)23(3)22-15/h8H,4-7,9H2,1-3H3,(H,20,24). The Morgan fingerprint density at radius 3 is 2.72 bits per heavy atom. The van der Waals surface area contributed by atoms with Crippen LogP contribution in [0.5, 0.6) is 5.88 Å². The van der Waals surface area contributed by atoms with Crippen LogP contribution in [0.4, 0.5) is 13.2 Å². The van der Waals surface area contributed by atoms with Crippen LogP contribution in [0.3, 0.4) is 0 Å². The van der Waals surface area contributed by atoms with E-state index in [0.717, 1.165) is 25.3 Å². The van der Waals surface area contributed by atoms with Gasteiger partial charge in [-0.3, -0.25) is 4.79 Å². The van der Waals surface area contributed by atoms with Crippen LogP contribution in [-0.2, 0) is 18.0 Å². The van der Waals surface area contributed by atoms with Crippen molar-refractivity contribution in [3.05, 3.63) is 17.3 Å². The van der Waals surface area contributed by atoms with E-state index in [-0.39, 0.29) is 22.6 Å². The lowest BCUT2D eigenvalue weighted by atomic mass is 10.1. The fraction of sp³-hybridized carbons (Fsp3) is 0.562. The minimum Gasteiger partial charge on any atom is -0.466 e. The van der Waals surface area contributed by atoms with E-state index >= 15 is 0 Å². The first-order valence-corrected chi connectivity index (χ1v) is 8.05. The van der Waals surface area contributed by atoms with Gasteiger partial charge in [-0.1, -0.05) is 19.8 Å². The molecule has 0 unspecified atom stereocenters. The summed E-state index contributed by atoms with van der Waals surface area (Å²) >= 11 is 0. The summed E-state index contributed by atoms with van der Waals surface area (Å²) in [5.74, 6) is -0.649. The highest BCUT2D eigenvalue weighted by Gasteiger charge is 2.36. The van der Waals surface area contributed by atoms with Crippen LogP contribution >= 0.6 is 0 Å². The van der Waals surface area contributed by atoms with Crippen molar-refractivity contribution in [2.24, 2.45) is 7.05 Å². The van der Waals surface area contributed by atoms with E-state index in [2.05, 4.69) is 15.4 Å². The third-order valence-corrected chi connectivity index (χ3v) is 3.64. The van der Waals surface area contributed by atoms with E-state index in [4.69, 9.17) is 4.74 Å². The maximum Gasteiger partial charge on any atom is 0.417 e. The van der Waals surface area contributed by atoms with Gasteiger partial charge >= 0.3 is 6.18 Å². The molecule has 0 spiro atoms. The number of nitrogens with one attached hydrogen (secondary N) is 1. The first-order valence-electron chi connectivity index (χ1n) is 8.05. The van der Waals surface area contributed by atoms with E-state index in [1.807, 2.05) is 6.92 Å². The first kappa shape index (κ1) is 19.0. The van der Waals surface area contributed by atoms with Crippen LogP contribution in [0.25, 0.3) is 11.0 Å². The van der Waals surface area contributed by atoms with Crippen LogP contribution in [0, 0.1) is 6.92 Å². The topological polar surface area (TPSA) is 69.0 Å². The van der Waals surface area contributed by atoms with Crippen molar-refractivity contribution in [1.29, 1.82) is 0 Å². The van der Waals surface area contributed by atoms with Crippen LogP contribution in [0.2, 0.25) is 0 Å². The number of carbonyl (C=O) groups excluding carboxylic acids is 1. The van der Waals surface area contributed by atoms with Crippen molar-refractivity contribution in [3.8, 4) is 5.88 Å². The summed E-state index contributed by atoms with van der Waals surface area (Å²) in [5, 5.41) is 6.36. The number of hydrogen-bond donors (Lipinski definition) is 1. The maximum absolute atomic E-state index is 13.3. The number of aromatic nitrogens is 3. The molecule has 0 radical (unpaired) electrons. The molecule has 25 heavy (non-hydrogen) atoms. The summed E-state index contributed by atoms with van der Waals surface area (Å²) in [5.41, 5.74) is -0.588. The molecule has 0 fully saturated rings. The number of alkyl halides is 3. The highest BCUT2D eigenvalue weighted by molar-refractivity contribution is 5.86. The van der Waals surface area contributed by atoms with Crippen molar-refractivity contribution < 1.29 is 22.7 Å². The summed E-state index contributed by atoms with van der Waals surface area (Å²) < 4.78 is 46.4. The molecular formula is C16H21F3N4O2. The number of rotatable bonds is 7.